The highest BCUT2D eigenvalue weighted by Crippen LogP contribution is 2.25. The molecule has 2 atom stereocenters. The monoisotopic (exact) mass is 267 g/mol. The number of hydrogen-bond donors (Lipinski definition) is 2. The Bertz CT molecular complexity index is 478. The molecule has 0 bridgehead atoms. The molecule has 0 radical (unpaired) electrons. The SMILES string of the molecule is N[C@H](C=CCCC1CCCCc2noc(=O)n21)CO. The number of aliphatic hydroxyl groups is 1. The first-order valence-electron chi connectivity index (χ1n) is 6.82. The second kappa shape index (κ2) is 6.68. The molecular weight excluding hydrogens is 246 g/mol. The number of allylic oxidation sites excluding steroid dienone is 1. The maximum Gasteiger partial charge on any atom is 0.441 e. The second-order valence-corrected chi connectivity index (χ2v) is 4.99. The average molecular weight is 267 g/mol. The maximum absolute atomic E-state index is 11.7. The van der Waals surface area contributed by atoms with Crippen molar-refractivity contribution >= 4 is 0 Å². The van der Waals surface area contributed by atoms with E-state index in [9.17, 15) is 4.79 Å². The molecule has 1 aromatic rings. The molecule has 0 spiro atoms. The van der Waals surface area contributed by atoms with E-state index in [-0.39, 0.29) is 24.4 Å². The van der Waals surface area contributed by atoms with Crippen LogP contribution in [0.1, 0.15) is 44.0 Å². The van der Waals surface area contributed by atoms with Gasteiger partial charge in [0.05, 0.1) is 6.61 Å². The number of aliphatic hydroxyl groups excluding tert-OH is 1. The fraction of sp³-hybridized carbons (Fsp3) is 0.692. The molecular formula is C13H21N3O3. The van der Waals surface area contributed by atoms with Crippen LogP contribution in [0.3, 0.4) is 0 Å². The fourth-order valence-corrected chi connectivity index (χ4v) is 2.50. The number of hydrogen-bond acceptors (Lipinski definition) is 5. The van der Waals surface area contributed by atoms with Crippen LogP contribution in [0.5, 0.6) is 0 Å². The molecule has 1 aliphatic heterocycles. The summed E-state index contributed by atoms with van der Waals surface area (Å²) in [6.45, 7) is -0.0464. The van der Waals surface area contributed by atoms with Crippen molar-refractivity contribution in [1.29, 1.82) is 0 Å². The summed E-state index contributed by atoms with van der Waals surface area (Å²) in [4.78, 5) is 11.7. The number of nitrogens with two attached hydrogens (primary N) is 1. The van der Waals surface area contributed by atoms with Gasteiger partial charge in [0.15, 0.2) is 5.82 Å². The Kier molecular flexibility index (Phi) is 4.93. The summed E-state index contributed by atoms with van der Waals surface area (Å²) in [6.07, 6.45) is 9.40. The van der Waals surface area contributed by atoms with Crippen molar-refractivity contribution in [2.24, 2.45) is 5.73 Å². The number of aryl methyl sites for hydroxylation is 1. The van der Waals surface area contributed by atoms with Crippen LogP contribution in [0.25, 0.3) is 0 Å². The smallest absolute Gasteiger partial charge is 0.394 e. The van der Waals surface area contributed by atoms with Gasteiger partial charge in [-0.2, -0.15) is 0 Å². The van der Waals surface area contributed by atoms with Crippen LogP contribution in [0.2, 0.25) is 0 Å². The number of rotatable bonds is 5. The predicted molar refractivity (Wildman–Crippen MR) is 70.8 cm³/mol. The molecule has 0 saturated carbocycles. The Hall–Kier alpha value is -1.40. The molecule has 6 nitrogen and oxygen atoms in total. The van der Waals surface area contributed by atoms with Crippen LogP contribution < -0.4 is 11.5 Å². The van der Waals surface area contributed by atoms with E-state index < -0.39 is 0 Å². The zero-order valence-electron chi connectivity index (χ0n) is 11.0. The molecule has 1 aromatic heterocycles. The quantitative estimate of drug-likeness (QED) is 0.768. The molecule has 3 N–H and O–H groups in total. The summed E-state index contributed by atoms with van der Waals surface area (Å²) in [7, 11) is 0. The van der Waals surface area contributed by atoms with E-state index in [1.807, 2.05) is 6.08 Å². The summed E-state index contributed by atoms with van der Waals surface area (Å²) in [5.74, 6) is 0.418. The highest BCUT2D eigenvalue weighted by atomic mass is 16.5. The minimum absolute atomic E-state index is 0.0464. The summed E-state index contributed by atoms with van der Waals surface area (Å²) < 4.78 is 6.45. The lowest BCUT2D eigenvalue weighted by molar-refractivity contribution is 0.283. The summed E-state index contributed by atoms with van der Waals surface area (Å²) in [5, 5.41) is 12.7. The van der Waals surface area contributed by atoms with Crippen molar-refractivity contribution in [3.63, 3.8) is 0 Å². The van der Waals surface area contributed by atoms with E-state index in [0.29, 0.717) is 0 Å². The highest BCUT2D eigenvalue weighted by molar-refractivity contribution is 4.94. The van der Waals surface area contributed by atoms with Gasteiger partial charge in [-0.25, -0.2) is 4.79 Å². The van der Waals surface area contributed by atoms with E-state index in [2.05, 4.69) is 5.16 Å². The second-order valence-electron chi connectivity index (χ2n) is 4.99. The molecule has 0 amide bonds. The third-order valence-corrected chi connectivity index (χ3v) is 3.52. The van der Waals surface area contributed by atoms with Gasteiger partial charge in [-0.1, -0.05) is 23.7 Å². The van der Waals surface area contributed by atoms with Crippen molar-refractivity contribution in [1.82, 2.24) is 9.72 Å². The van der Waals surface area contributed by atoms with Crippen LogP contribution >= 0.6 is 0 Å². The lowest BCUT2D eigenvalue weighted by Gasteiger charge is -2.14. The molecule has 6 heteroatoms. The fourth-order valence-electron chi connectivity index (χ4n) is 2.50. The molecule has 0 saturated heterocycles. The molecule has 19 heavy (non-hydrogen) atoms. The van der Waals surface area contributed by atoms with Gasteiger partial charge >= 0.3 is 5.76 Å². The van der Waals surface area contributed by atoms with Crippen molar-refractivity contribution in [3.05, 3.63) is 28.5 Å². The van der Waals surface area contributed by atoms with Gasteiger partial charge in [0.2, 0.25) is 0 Å². The first-order valence-corrected chi connectivity index (χ1v) is 6.82. The molecule has 2 rings (SSSR count). The van der Waals surface area contributed by atoms with Crippen LogP contribution in [0.15, 0.2) is 21.5 Å². The lowest BCUT2D eigenvalue weighted by Crippen LogP contribution is -2.22. The Labute approximate surface area is 111 Å². The van der Waals surface area contributed by atoms with Gasteiger partial charge in [0.25, 0.3) is 0 Å². The zero-order valence-corrected chi connectivity index (χ0v) is 11.0. The van der Waals surface area contributed by atoms with Crippen LogP contribution in [0, 0.1) is 0 Å². The Balaban J connectivity index is 1.98. The maximum atomic E-state index is 11.7. The standard InChI is InChI=1S/C13H21N3O3/c14-10(9-17)5-1-2-6-11-7-3-4-8-12-15-19-13(18)16(11)12/h1,5,10-11,17H,2-4,6-9,14H2/t10-,11?/m1/s1. The molecule has 0 aliphatic carbocycles. The van der Waals surface area contributed by atoms with Crippen molar-refractivity contribution in [2.45, 2.75) is 50.6 Å². The average Bonchev–Trinajstić information content (AvgIpc) is 2.66. The first-order chi connectivity index (χ1) is 9.22. The third kappa shape index (κ3) is 3.54. The van der Waals surface area contributed by atoms with Crippen LogP contribution in [0.4, 0.5) is 0 Å². The van der Waals surface area contributed by atoms with Gasteiger partial charge in [0.1, 0.15) is 0 Å². The van der Waals surface area contributed by atoms with E-state index in [4.69, 9.17) is 15.4 Å². The minimum atomic E-state index is -0.349. The lowest BCUT2D eigenvalue weighted by atomic mass is 10.0. The Morgan fingerprint density at radius 1 is 1.58 bits per heavy atom. The number of fused-ring (bicyclic) bond motifs is 1. The third-order valence-electron chi connectivity index (χ3n) is 3.52. The van der Waals surface area contributed by atoms with Crippen LogP contribution in [-0.4, -0.2) is 27.5 Å². The van der Waals surface area contributed by atoms with E-state index >= 15 is 0 Å². The molecule has 0 aromatic carbocycles. The number of aromatic nitrogens is 2. The summed E-state index contributed by atoms with van der Waals surface area (Å²) >= 11 is 0. The van der Waals surface area contributed by atoms with Crippen LogP contribution in [-0.2, 0) is 6.42 Å². The van der Waals surface area contributed by atoms with E-state index in [1.54, 1.807) is 10.6 Å². The highest BCUT2D eigenvalue weighted by Gasteiger charge is 2.22. The normalized spacial score (nSPS) is 21.3. The van der Waals surface area contributed by atoms with Crippen molar-refractivity contribution < 1.29 is 9.63 Å². The zero-order chi connectivity index (χ0) is 13.7. The Morgan fingerprint density at radius 2 is 2.42 bits per heavy atom. The van der Waals surface area contributed by atoms with Crippen molar-refractivity contribution in [3.8, 4) is 0 Å². The molecule has 0 fully saturated rings. The summed E-state index contributed by atoms with van der Waals surface area (Å²) in [5.41, 5.74) is 5.58. The van der Waals surface area contributed by atoms with E-state index in [1.165, 1.54) is 0 Å². The molecule has 2 heterocycles. The molecule has 1 aliphatic rings. The first kappa shape index (κ1) is 14.0. The van der Waals surface area contributed by atoms with Gasteiger partial charge in [-0.05, 0) is 25.7 Å². The number of nitrogens with zero attached hydrogens (tertiary/aromatic N) is 2. The largest absolute Gasteiger partial charge is 0.441 e. The minimum Gasteiger partial charge on any atom is -0.394 e. The van der Waals surface area contributed by atoms with E-state index in [0.717, 1.165) is 44.3 Å². The predicted octanol–water partition coefficient (Wildman–Crippen LogP) is 0.760. The summed E-state index contributed by atoms with van der Waals surface area (Å²) in [6, 6.07) is -0.144. The Morgan fingerprint density at radius 3 is 3.21 bits per heavy atom. The van der Waals surface area contributed by atoms with Gasteiger partial charge in [0, 0.05) is 18.5 Å². The van der Waals surface area contributed by atoms with Gasteiger partial charge < -0.3 is 10.8 Å². The topological polar surface area (TPSA) is 94.3 Å². The van der Waals surface area contributed by atoms with Gasteiger partial charge in [-0.3, -0.25) is 9.09 Å². The molecule has 106 valence electrons. The van der Waals surface area contributed by atoms with Gasteiger partial charge in [-0.15, -0.1) is 0 Å². The molecule has 1 unspecified atom stereocenters. The van der Waals surface area contributed by atoms with Crippen molar-refractivity contribution in [2.75, 3.05) is 6.61 Å².